The van der Waals surface area contributed by atoms with E-state index in [1.165, 1.54) is 5.56 Å². The molecule has 26 heavy (non-hydrogen) atoms. The fourth-order valence-corrected chi connectivity index (χ4v) is 3.72. The highest BCUT2D eigenvalue weighted by Crippen LogP contribution is 2.37. The summed E-state index contributed by atoms with van der Waals surface area (Å²) in [5.41, 5.74) is 2.11. The summed E-state index contributed by atoms with van der Waals surface area (Å²) in [7, 11) is 0. The van der Waals surface area contributed by atoms with E-state index in [9.17, 15) is 14.4 Å². The van der Waals surface area contributed by atoms with E-state index in [-0.39, 0.29) is 12.3 Å². The lowest BCUT2D eigenvalue weighted by Gasteiger charge is -2.28. The second-order valence-corrected chi connectivity index (χ2v) is 7.05. The van der Waals surface area contributed by atoms with E-state index < -0.39 is 12.0 Å². The molecule has 0 heterocycles. The molecule has 1 aromatic carbocycles. The van der Waals surface area contributed by atoms with Gasteiger partial charge in [0, 0.05) is 12.1 Å². The topological polar surface area (TPSA) is 95.5 Å². The van der Waals surface area contributed by atoms with Crippen LogP contribution in [0.5, 0.6) is 0 Å². The molecule has 3 N–H and O–H groups in total. The number of carboxylic acids is 1. The molecule has 1 aromatic rings. The van der Waals surface area contributed by atoms with Crippen molar-refractivity contribution in [3.8, 4) is 0 Å². The number of imide groups is 1. The summed E-state index contributed by atoms with van der Waals surface area (Å²) in [6.07, 6.45) is 6.13. The molecule has 0 aromatic heterocycles. The molecule has 6 heteroatoms. The lowest BCUT2D eigenvalue weighted by atomic mass is 9.77. The van der Waals surface area contributed by atoms with Crippen molar-refractivity contribution >= 4 is 24.0 Å². The highest BCUT2D eigenvalue weighted by Gasteiger charge is 2.24. The number of carboxylic acid groups (broad SMARTS) is 1. The second-order valence-electron chi connectivity index (χ2n) is 7.05. The Hall–Kier alpha value is -2.37. The quantitative estimate of drug-likeness (QED) is 0.587. The summed E-state index contributed by atoms with van der Waals surface area (Å²) in [5, 5.41) is 14.3. The molecule has 0 spiro atoms. The third-order valence-electron chi connectivity index (χ3n) is 5.13. The lowest BCUT2D eigenvalue weighted by Crippen LogP contribution is -2.38. The first kappa shape index (κ1) is 19.9. The molecular weight excluding hydrogens is 332 g/mol. The Kier molecular flexibility index (Phi) is 7.63. The Morgan fingerprint density at radius 1 is 1.19 bits per heavy atom. The maximum Gasteiger partial charge on any atom is 0.303 e. The van der Waals surface area contributed by atoms with Gasteiger partial charge in [0.05, 0.1) is 0 Å². The average Bonchev–Trinajstić information content (AvgIpc) is 2.62. The summed E-state index contributed by atoms with van der Waals surface area (Å²) in [5.74, 6) is -0.249. The first-order chi connectivity index (χ1) is 12.5. The fraction of sp³-hybridized carbons (Fsp3) is 0.550. The summed E-state index contributed by atoms with van der Waals surface area (Å²) in [6, 6.07) is 7.66. The molecule has 1 saturated carbocycles. The van der Waals surface area contributed by atoms with Crippen LogP contribution in [0.1, 0.15) is 63.4 Å². The van der Waals surface area contributed by atoms with Gasteiger partial charge in [-0.15, -0.1) is 0 Å². The van der Waals surface area contributed by atoms with Gasteiger partial charge in [-0.3, -0.25) is 19.7 Å². The Bertz CT molecular complexity index is 607. The second kappa shape index (κ2) is 9.94. The average molecular weight is 360 g/mol. The number of benzene rings is 1. The van der Waals surface area contributed by atoms with Crippen molar-refractivity contribution in [3.63, 3.8) is 0 Å². The van der Waals surface area contributed by atoms with Gasteiger partial charge in [-0.05, 0) is 61.6 Å². The van der Waals surface area contributed by atoms with Crippen LogP contribution in [0.4, 0.5) is 5.69 Å². The van der Waals surface area contributed by atoms with Gasteiger partial charge in [-0.1, -0.05) is 25.5 Å². The van der Waals surface area contributed by atoms with Crippen molar-refractivity contribution in [3.05, 3.63) is 29.8 Å². The molecule has 0 aliphatic heterocycles. The van der Waals surface area contributed by atoms with Crippen molar-refractivity contribution < 1.29 is 19.5 Å². The van der Waals surface area contributed by atoms with E-state index in [1.807, 2.05) is 19.1 Å². The molecule has 2 rings (SSSR count). The number of anilines is 1. The summed E-state index contributed by atoms with van der Waals surface area (Å²) < 4.78 is 0. The molecule has 0 radical (unpaired) electrons. The molecule has 1 aliphatic rings. The van der Waals surface area contributed by atoms with Gasteiger partial charge in [0.2, 0.25) is 12.3 Å². The van der Waals surface area contributed by atoms with Gasteiger partial charge < -0.3 is 10.4 Å². The SMILES string of the molecule is CCCC(Nc1ccc(C2CCC(CC(=O)O)CC2)cc1)C(=O)NC=O. The van der Waals surface area contributed by atoms with Crippen molar-refractivity contribution in [2.45, 2.75) is 63.8 Å². The molecule has 0 bridgehead atoms. The number of nitrogens with one attached hydrogen (secondary N) is 2. The van der Waals surface area contributed by atoms with Gasteiger partial charge in [0.1, 0.15) is 6.04 Å². The highest BCUT2D eigenvalue weighted by molar-refractivity contribution is 5.91. The zero-order chi connectivity index (χ0) is 18.9. The van der Waals surface area contributed by atoms with E-state index in [0.29, 0.717) is 24.7 Å². The number of carbonyl (C=O) groups excluding carboxylic acids is 2. The Morgan fingerprint density at radius 3 is 2.38 bits per heavy atom. The first-order valence-corrected chi connectivity index (χ1v) is 9.35. The standard InChI is InChI=1S/C20H28N2O4/c1-2-3-18(20(26)21-13-23)22-17-10-8-16(9-11-17)15-6-4-14(5-7-15)12-19(24)25/h8-11,13-15,18,22H,2-7,12H2,1H3,(H,24,25)(H,21,23,26). The third kappa shape index (κ3) is 5.86. The van der Waals surface area contributed by atoms with Crippen LogP contribution < -0.4 is 10.6 Å². The van der Waals surface area contributed by atoms with Crippen molar-refractivity contribution in [1.29, 1.82) is 0 Å². The van der Waals surface area contributed by atoms with Gasteiger partial charge in [-0.2, -0.15) is 0 Å². The molecular formula is C20H28N2O4. The minimum atomic E-state index is -0.705. The zero-order valence-electron chi connectivity index (χ0n) is 15.2. The highest BCUT2D eigenvalue weighted by atomic mass is 16.4. The van der Waals surface area contributed by atoms with E-state index >= 15 is 0 Å². The molecule has 0 saturated heterocycles. The summed E-state index contributed by atoms with van der Waals surface area (Å²) in [6.45, 7) is 1.99. The monoisotopic (exact) mass is 360 g/mol. The number of hydrogen-bond donors (Lipinski definition) is 3. The predicted molar refractivity (Wildman–Crippen MR) is 99.9 cm³/mol. The first-order valence-electron chi connectivity index (χ1n) is 9.35. The zero-order valence-corrected chi connectivity index (χ0v) is 15.2. The summed E-state index contributed by atoms with van der Waals surface area (Å²) in [4.78, 5) is 33.2. The van der Waals surface area contributed by atoms with Crippen LogP contribution in [0.15, 0.2) is 24.3 Å². The smallest absolute Gasteiger partial charge is 0.303 e. The van der Waals surface area contributed by atoms with Crippen LogP contribution in [0.25, 0.3) is 0 Å². The molecule has 1 aliphatic carbocycles. The molecule has 1 unspecified atom stereocenters. The maximum absolute atomic E-state index is 11.9. The Balaban J connectivity index is 1.92. The Labute approximate surface area is 154 Å². The summed E-state index contributed by atoms with van der Waals surface area (Å²) >= 11 is 0. The minimum absolute atomic E-state index is 0.275. The van der Waals surface area contributed by atoms with Crippen LogP contribution in [0.2, 0.25) is 0 Å². The number of aliphatic carboxylic acids is 1. The van der Waals surface area contributed by atoms with Crippen molar-refractivity contribution in [2.24, 2.45) is 5.92 Å². The number of amides is 2. The Morgan fingerprint density at radius 2 is 1.85 bits per heavy atom. The molecule has 1 atom stereocenters. The third-order valence-corrected chi connectivity index (χ3v) is 5.13. The number of carbonyl (C=O) groups is 3. The fourth-order valence-electron chi connectivity index (χ4n) is 3.72. The minimum Gasteiger partial charge on any atom is -0.481 e. The molecule has 6 nitrogen and oxygen atoms in total. The molecule has 142 valence electrons. The van der Waals surface area contributed by atoms with Crippen LogP contribution >= 0.6 is 0 Å². The van der Waals surface area contributed by atoms with Crippen molar-refractivity contribution in [1.82, 2.24) is 5.32 Å². The van der Waals surface area contributed by atoms with E-state index in [4.69, 9.17) is 5.11 Å². The van der Waals surface area contributed by atoms with E-state index in [1.54, 1.807) is 0 Å². The largest absolute Gasteiger partial charge is 0.481 e. The van der Waals surface area contributed by atoms with Crippen LogP contribution in [-0.4, -0.2) is 29.4 Å². The predicted octanol–water partition coefficient (Wildman–Crippen LogP) is 3.29. The number of hydrogen-bond acceptors (Lipinski definition) is 4. The van der Waals surface area contributed by atoms with Crippen LogP contribution in [-0.2, 0) is 14.4 Å². The van der Waals surface area contributed by atoms with Crippen LogP contribution in [0.3, 0.4) is 0 Å². The van der Waals surface area contributed by atoms with E-state index in [0.717, 1.165) is 37.8 Å². The normalized spacial score (nSPS) is 20.8. The lowest BCUT2D eigenvalue weighted by molar-refractivity contribution is -0.138. The maximum atomic E-state index is 11.9. The molecule has 2 amide bonds. The van der Waals surface area contributed by atoms with Crippen molar-refractivity contribution in [2.75, 3.05) is 5.32 Å². The van der Waals surface area contributed by atoms with E-state index in [2.05, 4.69) is 22.8 Å². The van der Waals surface area contributed by atoms with Gasteiger partial charge in [0.25, 0.3) is 0 Å². The van der Waals surface area contributed by atoms with Crippen LogP contribution in [0, 0.1) is 5.92 Å². The van der Waals surface area contributed by atoms with Gasteiger partial charge in [-0.25, -0.2) is 0 Å². The number of rotatable bonds is 9. The van der Waals surface area contributed by atoms with Gasteiger partial charge in [0.15, 0.2) is 0 Å². The molecule has 1 fully saturated rings. The van der Waals surface area contributed by atoms with Gasteiger partial charge >= 0.3 is 5.97 Å².